The average Bonchev–Trinajstić information content (AvgIpc) is 2.47. The van der Waals surface area contributed by atoms with Crippen molar-refractivity contribution in [2.24, 2.45) is 0 Å². The minimum Gasteiger partial charge on any atom is -0.491 e. The molecule has 1 N–H and O–H groups in total. The first kappa shape index (κ1) is 13.7. The van der Waals surface area contributed by atoms with Crippen LogP contribution in [0.3, 0.4) is 0 Å². The monoisotopic (exact) mass is 281 g/mol. The molecule has 0 saturated carbocycles. The fraction of sp³-hybridized carbons (Fsp3) is 0.278. The summed E-state index contributed by atoms with van der Waals surface area (Å²) in [7, 11) is 0. The molecule has 1 aliphatic heterocycles. The normalized spacial score (nSPS) is 17.3. The van der Waals surface area contributed by atoms with Crippen molar-refractivity contribution in [3.63, 3.8) is 0 Å². The van der Waals surface area contributed by atoms with Crippen LogP contribution < -0.4 is 10.1 Å². The van der Waals surface area contributed by atoms with E-state index in [4.69, 9.17) is 4.74 Å². The Morgan fingerprint density at radius 3 is 2.76 bits per heavy atom. The second kappa shape index (κ2) is 5.60. The highest BCUT2D eigenvalue weighted by molar-refractivity contribution is 6.03. The van der Waals surface area contributed by atoms with Gasteiger partial charge in [0.05, 0.1) is 12.1 Å². The van der Waals surface area contributed by atoms with Crippen LogP contribution in [0.15, 0.2) is 48.5 Å². The SMILES string of the molecule is CC(C)Oc1cccc([C@H]2CC(=O)c3ccccc3N2)c1. The number of anilines is 1. The van der Waals surface area contributed by atoms with Crippen LogP contribution in [0.25, 0.3) is 0 Å². The molecule has 0 radical (unpaired) electrons. The number of carbonyl (C=O) groups is 1. The second-order valence-corrected chi connectivity index (χ2v) is 5.61. The van der Waals surface area contributed by atoms with Crippen LogP contribution in [0.2, 0.25) is 0 Å². The maximum absolute atomic E-state index is 12.3. The number of hydrogen-bond donors (Lipinski definition) is 1. The molecule has 2 aromatic carbocycles. The summed E-state index contributed by atoms with van der Waals surface area (Å²) in [5.41, 5.74) is 2.77. The first-order valence-electron chi connectivity index (χ1n) is 7.29. The summed E-state index contributed by atoms with van der Waals surface area (Å²) in [6.07, 6.45) is 0.615. The van der Waals surface area contributed by atoms with Crippen LogP contribution in [-0.4, -0.2) is 11.9 Å². The minimum absolute atomic E-state index is 0.00288. The van der Waals surface area contributed by atoms with Crippen molar-refractivity contribution < 1.29 is 9.53 Å². The van der Waals surface area contributed by atoms with Gasteiger partial charge in [0, 0.05) is 17.7 Å². The number of rotatable bonds is 3. The summed E-state index contributed by atoms with van der Waals surface area (Å²) in [5.74, 6) is 1.03. The number of Topliss-reactive ketones (excluding diaryl/α,β-unsaturated/α-hetero) is 1. The molecule has 108 valence electrons. The molecule has 2 aromatic rings. The van der Waals surface area contributed by atoms with Crippen molar-refractivity contribution in [3.8, 4) is 5.75 Å². The van der Waals surface area contributed by atoms with Gasteiger partial charge < -0.3 is 10.1 Å². The van der Waals surface area contributed by atoms with E-state index < -0.39 is 0 Å². The molecule has 0 spiro atoms. The highest BCUT2D eigenvalue weighted by Crippen LogP contribution is 2.33. The molecule has 0 fully saturated rings. The molecule has 3 heteroatoms. The molecule has 1 aliphatic rings. The fourth-order valence-electron chi connectivity index (χ4n) is 2.66. The topological polar surface area (TPSA) is 38.3 Å². The lowest BCUT2D eigenvalue weighted by Gasteiger charge is -2.26. The Hall–Kier alpha value is -2.29. The van der Waals surface area contributed by atoms with Crippen molar-refractivity contribution in [1.82, 2.24) is 0 Å². The van der Waals surface area contributed by atoms with Gasteiger partial charge in [-0.05, 0) is 43.7 Å². The minimum atomic E-state index is 0.00288. The number of carbonyl (C=O) groups excluding carboxylic acids is 1. The summed E-state index contributed by atoms with van der Waals surface area (Å²) >= 11 is 0. The Kier molecular flexibility index (Phi) is 3.65. The van der Waals surface area contributed by atoms with Gasteiger partial charge in [-0.1, -0.05) is 24.3 Å². The van der Waals surface area contributed by atoms with Crippen molar-refractivity contribution >= 4 is 11.5 Å². The van der Waals surface area contributed by atoms with Gasteiger partial charge >= 0.3 is 0 Å². The van der Waals surface area contributed by atoms with Gasteiger partial charge in [-0.3, -0.25) is 4.79 Å². The van der Waals surface area contributed by atoms with E-state index in [2.05, 4.69) is 5.32 Å². The molecular weight excluding hydrogens is 262 g/mol. The third-order valence-electron chi connectivity index (χ3n) is 3.58. The van der Waals surface area contributed by atoms with Crippen molar-refractivity contribution in [2.45, 2.75) is 32.4 Å². The predicted octanol–water partition coefficient (Wildman–Crippen LogP) is 4.21. The van der Waals surface area contributed by atoms with Gasteiger partial charge in [-0.15, -0.1) is 0 Å². The second-order valence-electron chi connectivity index (χ2n) is 5.61. The van der Waals surface area contributed by atoms with E-state index >= 15 is 0 Å². The van der Waals surface area contributed by atoms with Crippen LogP contribution in [0.5, 0.6) is 5.75 Å². The van der Waals surface area contributed by atoms with Crippen LogP contribution in [0.1, 0.15) is 42.2 Å². The van der Waals surface area contributed by atoms with E-state index in [-0.39, 0.29) is 17.9 Å². The lowest BCUT2D eigenvalue weighted by molar-refractivity contribution is 0.0972. The first-order valence-corrected chi connectivity index (χ1v) is 7.29. The smallest absolute Gasteiger partial charge is 0.167 e. The highest BCUT2D eigenvalue weighted by atomic mass is 16.5. The number of para-hydroxylation sites is 1. The molecule has 0 aromatic heterocycles. The molecule has 1 atom stereocenters. The third kappa shape index (κ3) is 2.92. The summed E-state index contributed by atoms with van der Waals surface area (Å²) in [6.45, 7) is 4.01. The van der Waals surface area contributed by atoms with E-state index in [1.807, 2.05) is 62.4 Å². The summed E-state index contributed by atoms with van der Waals surface area (Å²) in [6, 6.07) is 15.6. The number of nitrogens with one attached hydrogen (secondary N) is 1. The largest absolute Gasteiger partial charge is 0.491 e. The Balaban J connectivity index is 1.87. The van der Waals surface area contributed by atoms with E-state index in [0.29, 0.717) is 6.42 Å². The van der Waals surface area contributed by atoms with E-state index in [0.717, 1.165) is 22.6 Å². The molecular formula is C18H19NO2. The molecule has 21 heavy (non-hydrogen) atoms. The number of ether oxygens (including phenoxy) is 1. The summed E-state index contributed by atoms with van der Waals surface area (Å²) < 4.78 is 5.73. The zero-order valence-electron chi connectivity index (χ0n) is 12.3. The third-order valence-corrected chi connectivity index (χ3v) is 3.58. The van der Waals surface area contributed by atoms with Gasteiger partial charge in [-0.25, -0.2) is 0 Å². The number of benzene rings is 2. The molecule has 1 heterocycles. The molecule has 0 saturated heterocycles. The number of fused-ring (bicyclic) bond motifs is 1. The number of hydrogen-bond acceptors (Lipinski definition) is 3. The van der Waals surface area contributed by atoms with Crippen molar-refractivity contribution in [3.05, 3.63) is 59.7 Å². The molecule has 3 rings (SSSR count). The standard InChI is InChI=1S/C18H19NO2/c1-12(2)21-14-7-5-6-13(10-14)17-11-18(20)15-8-3-4-9-16(15)19-17/h3-10,12,17,19H,11H2,1-2H3/t17-/m1/s1. The van der Waals surface area contributed by atoms with E-state index in [9.17, 15) is 4.79 Å². The highest BCUT2D eigenvalue weighted by Gasteiger charge is 2.25. The Morgan fingerprint density at radius 1 is 1.14 bits per heavy atom. The Labute approximate surface area is 124 Å². The van der Waals surface area contributed by atoms with Crippen LogP contribution in [0.4, 0.5) is 5.69 Å². The van der Waals surface area contributed by atoms with Gasteiger partial charge in [0.1, 0.15) is 5.75 Å². The molecule has 0 amide bonds. The molecule has 0 bridgehead atoms. The van der Waals surface area contributed by atoms with Crippen molar-refractivity contribution in [1.29, 1.82) is 0 Å². The van der Waals surface area contributed by atoms with Gasteiger partial charge in [0.25, 0.3) is 0 Å². The maximum Gasteiger partial charge on any atom is 0.167 e. The quantitative estimate of drug-likeness (QED) is 0.915. The first-order chi connectivity index (χ1) is 10.1. The zero-order valence-corrected chi connectivity index (χ0v) is 12.3. The average molecular weight is 281 g/mol. The van der Waals surface area contributed by atoms with E-state index in [1.165, 1.54) is 0 Å². The van der Waals surface area contributed by atoms with E-state index in [1.54, 1.807) is 0 Å². The van der Waals surface area contributed by atoms with Crippen molar-refractivity contribution in [2.75, 3.05) is 5.32 Å². The molecule has 0 unspecified atom stereocenters. The summed E-state index contributed by atoms with van der Waals surface area (Å²) in [5, 5.41) is 3.45. The lowest BCUT2D eigenvalue weighted by atomic mass is 9.92. The lowest BCUT2D eigenvalue weighted by Crippen LogP contribution is -2.22. The van der Waals surface area contributed by atoms with Gasteiger partial charge in [-0.2, -0.15) is 0 Å². The van der Waals surface area contributed by atoms with Gasteiger partial charge in [0.15, 0.2) is 5.78 Å². The van der Waals surface area contributed by atoms with Crippen LogP contribution >= 0.6 is 0 Å². The maximum atomic E-state index is 12.3. The fourth-order valence-corrected chi connectivity index (χ4v) is 2.66. The predicted molar refractivity (Wildman–Crippen MR) is 84.0 cm³/mol. The van der Waals surface area contributed by atoms with Gasteiger partial charge in [0.2, 0.25) is 0 Å². The Morgan fingerprint density at radius 2 is 1.95 bits per heavy atom. The molecule has 0 aliphatic carbocycles. The zero-order chi connectivity index (χ0) is 14.8. The summed E-state index contributed by atoms with van der Waals surface area (Å²) in [4.78, 5) is 12.3. The number of ketones is 1. The van der Waals surface area contributed by atoms with Crippen LogP contribution in [0, 0.1) is 0 Å². The molecule has 3 nitrogen and oxygen atoms in total. The Bertz CT molecular complexity index is 664. The van der Waals surface area contributed by atoms with Crippen LogP contribution in [-0.2, 0) is 0 Å².